The second-order valence-corrected chi connectivity index (χ2v) is 7.52. The molecule has 2 rings (SSSR count). The van der Waals surface area contributed by atoms with Gasteiger partial charge in [0.2, 0.25) is 0 Å². The van der Waals surface area contributed by atoms with Crippen LogP contribution in [-0.2, 0) is 0 Å². The van der Waals surface area contributed by atoms with E-state index in [-0.39, 0.29) is 0 Å². The molecule has 0 nitrogen and oxygen atoms in total. The molecule has 1 fully saturated rings. The van der Waals surface area contributed by atoms with Crippen LogP contribution in [0.4, 0.5) is 0 Å². The zero-order chi connectivity index (χ0) is 14.8. The SMILES string of the molecule is CC(C)CC1=CC=CCC1.CC(C)CC1CCCCC1. The van der Waals surface area contributed by atoms with Gasteiger partial charge in [0, 0.05) is 0 Å². The van der Waals surface area contributed by atoms with Crippen molar-refractivity contribution in [1.29, 1.82) is 0 Å². The first-order valence-corrected chi connectivity index (χ1v) is 8.92. The van der Waals surface area contributed by atoms with Crippen molar-refractivity contribution in [3.8, 4) is 0 Å². The normalized spacial score (nSPS) is 19.8. The maximum absolute atomic E-state index is 2.34. The molecular formula is C20H36. The summed E-state index contributed by atoms with van der Waals surface area (Å²) in [5, 5.41) is 0. The summed E-state index contributed by atoms with van der Waals surface area (Å²) in [6.45, 7) is 9.24. The number of allylic oxidation sites excluding steroid dienone is 4. The average molecular weight is 277 g/mol. The van der Waals surface area contributed by atoms with E-state index in [1.165, 1.54) is 57.8 Å². The van der Waals surface area contributed by atoms with Gasteiger partial charge in [0.15, 0.2) is 0 Å². The van der Waals surface area contributed by atoms with Crippen LogP contribution >= 0.6 is 0 Å². The van der Waals surface area contributed by atoms with Gasteiger partial charge in [-0.3, -0.25) is 0 Å². The van der Waals surface area contributed by atoms with Gasteiger partial charge >= 0.3 is 0 Å². The quantitative estimate of drug-likeness (QED) is 0.522. The maximum Gasteiger partial charge on any atom is -0.0282 e. The molecule has 0 N–H and O–H groups in total. The molecule has 20 heavy (non-hydrogen) atoms. The molecule has 0 saturated heterocycles. The zero-order valence-corrected chi connectivity index (χ0v) is 14.3. The molecule has 2 aliphatic rings. The van der Waals surface area contributed by atoms with E-state index in [4.69, 9.17) is 0 Å². The van der Waals surface area contributed by atoms with Gasteiger partial charge < -0.3 is 0 Å². The Morgan fingerprint density at radius 3 is 2.20 bits per heavy atom. The highest BCUT2D eigenvalue weighted by Gasteiger charge is 2.13. The van der Waals surface area contributed by atoms with Gasteiger partial charge in [-0.05, 0) is 43.4 Å². The largest absolute Gasteiger partial charge is 0.0842 e. The Balaban J connectivity index is 0.000000200. The average Bonchev–Trinajstić information content (AvgIpc) is 2.40. The minimum atomic E-state index is 0.817. The van der Waals surface area contributed by atoms with Crippen molar-refractivity contribution < 1.29 is 0 Å². The first-order valence-electron chi connectivity index (χ1n) is 8.92. The Kier molecular flexibility index (Phi) is 8.98. The minimum absolute atomic E-state index is 0.817. The van der Waals surface area contributed by atoms with Gasteiger partial charge in [-0.15, -0.1) is 0 Å². The second-order valence-electron chi connectivity index (χ2n) is 7.52. The summed E-state index contributed by atoms with van der Waals surface area (Å²) in [5.74, 6) is 2.81. The molecule has 0 heterocycles. The molecule has 0 atom stereocenters. The van der Waals surface area contributed by atoms with Gasteiger partial charge in [0.25, 0.3) is 0 Å². The number of hydrogen-bond donors (Lipinski definition) is 0. The highest BCUT2D eigenvalue weighted by atomic mass is 14.2. The molecule has 0 bridgehead atoms. The van der Waals surface area contributed by atoms with Crippen molar-refractivity contribution in [3.63, 3.8) is 0 Å². The fraction of sp³-hybridized carbons (Fsp3) is 0.800. The fourth-order valence-electron chi connectivity index (χ4n) is 3.44. The first kappa shape index (κ1) is 17.5. The van der Waals surface area contributed by atoms with E-state index in [0.717, 1.165) is 17.8 Å². The molecule has 0 aromatic heterocycles. The molecule has 0 aromatic carbocycles. The highest BCUT2D eigenvalue weighted by Crippen LogP contribution is 2.28. The predicted molar refractivity (Wildman–Crippen MR) is 91.9 cm³/mol. The minimum Gasteiger partial charge on any atom is -0.0842 e. The lowest BCUT2D eigenvalue weighted by Gasteiger charge is -2.22. The van der Waals surface area contributed by atoms with Crippen LogP contribution in [0.25, 0.3) is 0 Å². The van der Waals surface area contributed by atoms with Crippen LogP contribution < -0.4 is 0 Å². The molecule has 0 heteroatoms. The Hall–Kier alpha value is -0.520. The predicted octanol–water partition coefficient (Wildman–Crippen LogP) is 6.92. The smallest absolute Gasteiger partial charge is 0.0282 e. The van der Waals surface area contributed by atoms with E-state index in [2.05, 4.69) is 45.9 Å². The van der Waals surface area contributed by atoms with Crippen LogP contribution in [0.5, 0.6) is 0 Å². The number of hydrogen-bond acceptors (Lipinski definition) is 0. The third-order valence-electron chi connectivity index (χ3n) is 4.30. The summed E-state index contributed by atoms with van der Waals surface area (Å²) < 4.78 is 0. The molecule has 116 valence electrons. The molecule has 0 spiro atoms. The summed E-state index contributed by atoms with van der Waals surface area (Å²) in [6.07, 6.45) is 19.5. The van der Waals surface area contributed by atoms with E-state index in [1.807, 2.05) is 0 Å². The molecule has 0 unspecified atom stereocenters. The lowest BCUT2D eigenvalue weighted by molar-refractivity contribution is 0.305. The first-order chi connectivity index (χ1) is 9.58. The third kappa shape index (κ3) is 8.61. The van der Waals surface area contributed by atoms with Crippen LogP contribution in [0.15, 0.2) is 23.8 Å². The monoisotopic (exact) mass is 276 g/mol. The van der Waals surface area contributed by atoms with E-state index in [9.17, 15) is 0 Å². The topological polar surface area (TPSA) is 0 Å². The van der Waals surface area contributed by atoms with Gasteiger partial charge in [-0.1, -0.05) is 83.6 Å². The Morgan fingerprint density at radius 2 is 1.70 bits per heavy atom. The third-order valence-corrected chi connectivity index (χ3v) is 4.30. The molecule has 0 aromatic rings. The second kappa shape index (κ2) is 10.2. The molecule has 2 aliphatic carbocycles. The Labute approximate surface area is 127 Å². The van der Waals surface area contributed by atoms with Crippen molar-refractivity contribution in [1.82, 2.24) is 0 Å². The van der Waals surface area contributed by atoms with Gasteiger partial charge in [-0.2, -0.15) is 0 Å². The summed E-state index contributed by atoms with van der Waals surface area (Å²) in [4.78, 5) is 0. The van der Waals surface area contributed by atoms with Crippen molar-refractivity contribution in [2.24, 2.45) is 17.8 Å². The molecule has 0 aliphatic heterocycles. The van der Waals surface area contributed by atoms with Crippen molar-refractivity contribution in [3.05, 3.63) is 23.8 Å². The lowest BCUT2D eigenvalue weighted by atomic mass is 9.84. The van der Waals surface area contributed by atoms with Crippen LogP contribution in [-0.4, -0.2) is 0 Å². The summed E-state index contributed by atoms with van der Waals surface area (Å²) in [6, 6.07) is 0. The van der Waals surface area contributed by atoms with E-state index in [0.29, 0.717) is 0 Å². The van der Waals surface area contributed by atoms with Gasteiger partial charge in [0.1, 0.15) is 0 Å². The molecule has 0 radical (unpaired) electrons. The molecular weight excluding hydrogens is 240 g/mol. The van der Waals surface area contributed by atoms with E-state index in [1.54, 1.807) is 5.57 Å². The van der Waals surface area contributed by atoms with E-state index >= 15 is 0 Å². The van der Waals surface area contributed by atoms with Gasteiger partial charge in [-0.25, -0.2) is 0 Å². The van der Waals surface area contributed by atoms with Crippen molar-refractivity contribution in [2.75, 3.05) is 0 Å². The fourth-order valence-corrected chi connectivity index (χ4v) is 3.44. The summed E-state index contributed by atoms with van der Waals surface area (Å²) in [5.41, 5.74) is 1.62. The van der Waals surface area contributed by atoms with Gasteiger partial charge in [0.05, 0.1) is 0 Å². The van der Waals surface area contributed by atoms with Crippen LogP contribution in [0, 0.1) is 17.8 Å². The lowest BCUT2D eigenvalue weighted by Crippen LogP contribution is -2.08. The highest BCUT2D eigenvalue weighted by molar-refractivity contribution is 5.17. The van der Waals surface area contributed by atoms with Crippen LogP contribution in [0.3, 0.4) is 0 Å². The standard InChI is InChI=1S/C10H20.C10H16/c2*1-9(2)8-10-6-4-3-5-7-10/h9-10H,3-8H2,1-2H3;3-4,6,9H,5,7-8H2,1-2H3. The van der Waals surface area contributed by atoms with Crippen molar-refractivity contribution in [2.45, 2.75) is 85.5 Å². The molecule has 0 amide bonds. The Morgan fingerprint density at radius 1 is 1.00 bits per heavy atom. The Bertz CT molecular complexity index is 287. The molecule has 1 saturated carbocycles. The van der Waals surface area contributed by atoms with Crippen molar-refractivity contribution >= 4 is 0 Å². The maximum atomic E-state index is 2.34. The summed E-state index contributed by atoms with van der Waals surface area (Å²) in [7, 11) is 0. The number of rotatable bonds is 4. The van der Waals surface area contributed by atoms with Crippen LogP contribution in [0.1, 0.15) is 85.5 Å². The van der Waals surface area contributed by atoms with E-state index < -0.39 is 0 Å². The zero-order valence-electron chi connectivity index (χ0n) is 14.3. The summed E-state index contributed by atoms with van der Waals surface area (Å²) >= 11 is 0. The van der Waals surface area contributed by atoms with Crippen LogP contribution in [0.2, 0.25) is 0 Å².